The second-order valence-electron chi connectivity index (χ2n) is 3.73. The Morgan fingerprint density at radius 3 is 3.00 bits per heavy atom. The molecule has 2 rings (SSSR count). The molecule has 1 aromatic heterocycles. The van der Waals surface area contributed by atoms with E-state index in [1.165, 1.54) is 0 Å². The van der Waals surface area contributed by atoms with Crippen LogP contribution >= 0.6 is 22.6 Å². The van der Waals surface area contributed by atoms with E-state index in [1.807, 2.05) is 13.0 Å². The van der Waals surface area contributed by atoms with E-state index in [-0.39, 0.29) is 5.75 Å². The minimum atomic E-state index is 0.204. The third kappa shape index (κ3) is 3.20. The van der Waals surface area contributed by atoms with Crippen LogP contribution in [0.5, 0.6) is 5.75 Å². The molecule has 1 N–H and O–H groups in total. The van der Waals surface area contributed by atoms with Crippen molar-refractivity contribution in [2.24, 2.45) is 0 Å². The van der Waals surface area contributed by atoms with Gasteiger partial charge in [0, 0.05) is 12.2 Å². The zero-order valence-electron chi connectivity index (χ0n) is 9.89. The summed E-state index contributed by atoms with van der Waals surface area (Å²) < 4.78 is 11.2. The Hall–Kier alpha value is -1.15. The normalized spacial score (nSPS) is 10.8. The number of aromatic nitrogens is 2. The molecule has 0 unspecified atom stereocenters. The molecule has 0 aliphatic heterocycles. The molecular formula is C12H13IN2O3. The lowest BCUT2D eigenvalue weighted by Crippen LogP contribution is -1.95. The highest BCUT2D eigenvalue weighted by Gasteiger charge is 2.10. The van der Waals surface area contributed by atoms with E-state index in [9.17, 15) is 5.11 Å². The van der Waals surface area contributed by atoms with Crippen molar-refractivity contribution in [3.05, 3.63) is 27.6 Å². The van der Waals surface area contributed by atoms with E-state index in [0.717, 1.165) is 9.99 Å². The lowest BCUT2D eigenvalue weighted by Gasteiger charge is -1.98. The molecule has 0 atom stereocenters. The summed E-state index contributed by atoms with van der Waals surface area (Å²) in [5.41, 5.74) is 0.696. The molecule has 0 amide bonds. The topological polar surface area (TPSA) is 68.4 Å². The van der Waals surface area contributed by atoms with Crippen LogP contribution in [-0.2, 0) is 11.3 Å². The third-order valence-electron chi connectivity index (χ3n) is 2.24. The minimum absolute atomic E-state index is 0.204. The van der Waals surface area contributed by atoms with Gasteiger partial charge in [0.05, 0.1) is 3.57 Å². The molecule has 0 aliphatic rings. The molecule has 0 radical (unpaired) electrons. The van der Waals surface area contributed by atoms with E-state index in [2.05, 4.69) is 32.7 Å². The summed E-state index contributed by atoms with van der Waals surface area (Å²) in [6, 6.07) is 5.22. The Balaban J connectivity index is 2.11. The summed E-state index contributed by atoms with van der Waals surface area (Å²) in [6.07, 6.45) is 0.954. The van der Waals surface area contributed by atoms with Crippen molar-refractivity contribution in [1.82, 2.24) is 10.1 Å². The van der Waals surface area contributed by atoms with Crippen molar-refractivity contribution in [3.8, 4) is 17.2 Å². The minimum Gasteiger partial charge on any atom is -0.507 e. The number of phenolic OH excluding ortho intramolecular Hbond substituents is 1. The maximum atomic E-state index is 9.62. The second kappa shape index (κ2) is 6.14. The zero-order chi connectivity index (χ0) is 13.0. The van der Waals surface area contributed by atoms with Gasteiger partial charge in [-0.1, -0.05) is 12.1 Å². The molecule has 0 bridgehead atoms. The van der Waals surface area contributed by atoms with Crippen LogP contribution in [0, 0.1) is 3.57 Å². The maximum absolute atomic E-state index is 9.62. The van der Waals surface area contributed by atoms with Gasteiger partial charge in [-0.3, -0.25) is 0 Å². The second-order valence-corrected chi connectivity index (χ2v) is 4.90. The van der Waals surface area contributed by atoms with Gasteiger partial charge in [0.25, 0.3) is 5.89 Å². The van der Waals surface area contributed by atoms with Gasteiger partial charge in [0.2, 0.25) is 0 Å². The van der Waals surface area contributed by atoms with Crippen LogP contribution in [0.25, 0.3) is 11.5 Å². The number of aromatic hydroxyl groups is 1. The molecule has 18 heavy (non-hydrogen) atoms. The highest BCUT2D eigenvalue weighted by Crippen LogP contribution is 2.26. The van der Waals surface area contributed by atoms with E-state index in [0.29, 0.717) is 30.5 Å². The highest BCUT2D eigenvalue weighted by atomic mass is 127. The van der Waals surface area contributed by atoms with E-state index < -0.39 is 0 Å². The lowest BCUT2D eigenvalue weighted by atomic mass is 10.2. The van der Waals surface area contributed by atoms with Crippen molar-refractivity contribution in [1.29, 1.82) is 0 Å². The van der Waals surface area contributed by atoms with Crippen molar-refractivity contribution in [2.75, 3.05) is 6.61 Å². The van der Waals surface area contributed by atoms with Crippen LogP contribution < -0.4 is 0 Å². The molecule has 0 saturated carbocycles. The molecular weight excluding hydrogens is 347 g/mol. The number of hydrogen-bond donors (Lipinski definition) is 1. The fourth-order valence-electron chi connectivity index (χ4n) is 1.38. The number of hydrogen-bond acceptors (Lipinski definition) is 5. The van der Waals surface area contributed by atoms with Crippen molar-refractivity contribution >= 4 is 22.6 Å². The summed E-state index contributed by atoms with van der Waals surface area (Å²) in [7, 11) is 0. The number of ether oxygens (including phenoxy) is 1. The highest BCUT2D eigenvalue weighted by molar-refractivity contribution is 14.1. The Labute approximate surface area is 118 Å². The molecule has 0 aliphatic carbocycles. The molecule has 0 fully saturated rings. The van der Waals surface area contributed by atoms with Gasteiger partial charge in [-0.2, -0.15) is 4.98 Å². The Bertz CT molecular complexity index is 528. The first-order chi connectivity index (χ1) is 8.70. The van der Waals surface area contributed by atoms with E-state index >= 15 is 0 Å². The van der Waals surface area contributed by atoms with Gasteiger partial charge in [-0.15, -0.1) is 0 Å². The fraction of sp³-hybridized carbons (Fsp3) is 0.333. The SMILES string of the molecule is CCCOCc1noc(-c2ccc(I)c(O)c2)n1. The molecule has 2 aromatic rings. The number of phenols is 1. The Kier molecular flexibility index (Phi) is 4.54. The van der Waals surface area contributed by atoms with Gasteiger partial charge in [0.1, 0.15) is 12.4 Å². The van der Waals surface area contributed by atoms with Gasteiger partial charge < -0.3 is 14.4 Å². The molecule has 6 heteroatoms. The van der Waals surface area contributed by atoms with Gasteiger partial charge in [-0.05, 0) is 47.2 Å². The van der Waals surface area contributed by atoms with Crippen LogP contribution in [0.15, 0.2) is 22.7 Å². The van der Waals surface area contributed by atoms with Crippen molar-refractivity contribution in [2.45, 2.75) is 20.0 Å². The van der Waals surface area contributed by atoms with Gasteiger partial charge >= 0.3 is 0 Å². The predicted octanol–water partition coefficient (Wildman–Crippen LogP) is 2.97. The molecule has 1 aromatic carbocycles. The largest absolute Gasteiger partial charge is 0.507 e. The summed E-state index contributed by atoms with van der Waals surface area (Å²) in [5, 5.41) is 13.4. The summed E-state index contributed by atoms with van der Waals surface area (Å²) in [5.74, 6) is 1.10. The first-order valence-electron chi connectivity index (χ1n) is 5.60. The third-order valence-corrected chi connectivity index (χ3v) is 3.15. The summed E-state index contributed by atoms with van der Waals surface area (Å²) in [4.78, 5) is 4.21. The zero-order valence-corrected chi connectivity index (χ0v) is 12.0. The number of rotatable bonds is 5. The van der Waals surface area contributed by atoms with Gasteiger partial charge in [-0.25, -0.2) is 0 Å². The van der Waals surface area contributed by atoms with E-state index in [4.69, 9.17) is 9.26 Å². The number of nitrogens with zero attached hydrogens (tertiary/aromatic N) is 2. The van der Waals surface area contributed by atoms with Crippen molar-refractivity contribution in [3.63, 3.8) is 0 Å². The number of benzene rings is 1. The molecule has 0 saturated heterocycles. The first kappa shape index (κ1) is 13.3. The summed E-state index contributed by atoms with van der Waals surface area (Å²) >= 11 is 2.05. The van der Waals surface area contributed by atoms with Crippen LogP contribution in [0.4, 0.5) is 0 Å². The summed E-state index contributed by atoms with van der Waals surface area (Å²) in [6.45, 7) is 3.05. The molecule has 5 nitrogen and oxygen atoms in total. The average Bonchev–Trinajstić information content (AvgIpc) is 2.82. The average molecular weight is 360 g/mol. The van der Waals surface area contributed by atoms with Crippen LogP contribution in [0.3, 0.4) is 0 Å². The van der Waals surface area contributed by atoms with Gasteiger partial charge in [0.15, 0.2) is 5.82 Å². The van der Waals surface area contributed by atoms with Crippen molar-refractivity contribution < 1.29 is 14.4 Å². The first-order valence-corrected chi connectivity index (χ1v) is 6.67. The maximum Gasteiger partial charge on any atom is 0.258 e. The lowest BCUT2D eigenvalue weighted by molar-refractivity contribution is 0.114. The van der Waals surface area contributed by atoms with Crippen LogP contribution in [0.2, 0.25) is 0 Å². The monoisotopic (exact) mass is 360 g/mol. The van der Waals surface area contributed by atoms with Crippen LogP contribution in [0.1, 0.15) is 19.2 Å². The fourth-order valence-corrected chi connectivity index (χ4v) is 1.72. The molecule has 1 heterocycles. The molecule has 0 spiro atoms. The predicted molar refractivity (Wildman–Crippen MR) is 74.1 cm³/mol. The van der Waals surface area contributed by atoms with Crippen LogP contribution in [-0.4, -0.2) is 21.9 Å². The quantitative estimate of drug-likeness (QED) is 0.656. The smallest absolute Gasteiger partial charge is 0.258 e. The Morgan fingerprint density at radius 1 is 1.44 bits per heavy atom. The number of halogens is 1. The standard InChI is InChI=1S/C12H13IN2O3/c1-2-5-17-7-11-14-12(18-15-11)8-3-4-9(13)10(16)6-8/h3-4,6,16H,2,5,7H2,1H3. The molecule has 96 valence electrons. The van der Waals surface area contributed by atoms with E-state index in [1.54, 1.807) is 12.1 Å². The Morgan fingerprint density at radius 2 is 2.28 bits per heavy atom.